The lowest BCUT2D eigenvalue weighted by atomic mass is 9.54. The molecule has 1 heterocycles. The molecule has 4 fully saturated rings. The molecule has 4 aliphatic rings. The van der Waals surface area contributed by atoms with Crippen LogP contribution < -0.4 is 10.6 Å². The molecule has 0 saturated heterocycles. The van der Waals surface area contributed by atoms with Crippen LogP contribution in [0.4, 0.5) is 10.5 Å². The van der Waals surface area contributed by atoms with E-state index in [1.165, 1.54) is 32.1 Å². The van der Waals surface area contributed by atoms with Crippen molar-refractivity contribution in [2.45, 2.75) is 38.1 Å². The second kappa shape index (κ2) is 4.76. The molecule has 4 bridgehead atoms. The molecule has 106 valence electrons. The lowest BCUT2D eigenvalue weighted by molar-refractivity contribution is -0.00883. The van der Waals surface area contributed by atoms with E-state index in [9.17, 15) is 4.79 Å². The molecule has 0 spiro atoms. The first-order chi connectivity index (χ1) is 9.78. The Morgan fingerprint density at radius 1 is 1.00 bits per heavy atom. The highest BCUT2D eigenvalue weighted by Gasteiger charge is 2.48. The zero-order valence-corrected chi connectivity index (χ0v) is 11.6. The Hall–Kier alpha value is -1.58. The van der Waals surface area contributed by atoms with Gasteiger partial charge in [-0.1, -0.05) is 0 Å². The summed E-state index contributed by atoms with van der Waals surface area (Å²) in [6, 6.07) is 3.96. The van der Waals surface area contributed by atoms with Crippen LogP contribution in [-0.4, -0.2) is 17.1 Å². The molecule has 0 radical (unpaired) electrons. The minimum Gasteiger partial charge on any atom is -0.335 e. The number of rotatable bonds is 2. The highest BCUT2D eigenvalue weighted by atomic mass is 16.2. The number of anilines is 1. The van der Waals surface area contributed by atoms with Crippen molar-refractivity contribution in [2.24, 2.45) is 23.7 Å². The standard InChI is InChI=1S/C16H21N3O/c20-16(18-14-1-3-17-4-2-14)19-15-12-6-10-5-11(8-12)9-13(15)7-10/h1-4,10-13,15H,5-9H2,(H2,17,18,19,20). The van der Waals surface area contributed by atoms with Gasteiger partial charge >= 0.3 is 6.03 Å². The van der Waals surface area contributed by atoms with E-state index in [2.05, 4.69) is 15.6 Å². The second-order valence-corrected chi connectivity index (χ2v) is 6.79. The number of pyridine rings is 1. The van der Waals surface area contributed by atoms with E-state index in [-0.39, 0.29) is 6.03 Å². The van der Waals surface area contributed by atoms with E-state index in [1.807, 2.05) is 12.1 Å². The van der Waals surface area contributed by atoms with Crippen LogP contribution in [0.15, 0.2) is 24.5 Å². The van der Waals surface area contributed by atoms with Crippen molar-refractivity contribution in [3.63, 3.8) is 0 Å². The topological polar surface area (TPSA) is 54.0 Å². The van der Waals surface area contributed by atoms with Crippen LogP contribution in [0, 0.1) is 23.7 Å². The van der Waals surface area contributed by atoms with Crippen LogP contribution in [0.5, 0.6) is 0 Å². The number of hydrogen-bond acceptors (Lipinski definition) is 2. The van der Waals surface area contributed by atoms with Crippen molar-refractivity contribution < 1.29 is 4.79 Å². The van der Waals surface area contributed by atoms with Crippen LogP contribution in [0.25, 0.3) is 0 Å². The van der Waals surface area contributed by atoms with Gasteiger partial charge in [0.25, 0.3) is 0 Å². The van der Waals surface area contributed by atoms with Gasteiger partial charge in [0, 0.05) is 24.1 Å². The smallest absolute Gasteiger partial charge is 0.319 e. The Kier molecular flexibility index (Phi) is 2.90. The summed E-state index contributed by atoms with van der Waals surface area (Å²) in [7, 11) is 0. The lowest BCUT2D eigenvalue weighted by Gasteiger charge is -2.54. The molecule has 5 rings (SSSR count). The van der Waals surface area contributed by atoms with Crippen molar-refractivity contribution in [2.75, 3.05) is 5.32 Å². The lowest BCUT2D eigenvalue weighted by Crippen LogP contribution is -2.56. The van der Waals surface area contributed by atoms with Crippen molar-refractivity contribution in [3.8, 4) is 0 Å². The molecular weight excluding hydrogens is 250 g/mol. The molecular formula is C16H21N3O. The van der Waals surface area contributed by atoms with Gasteiger partial charge in [-0.15, -0.1) is 0 Å². The van der Waals surface area contributed by atoms with Crippen LogP contribution in [0.1, 0.15) is 32.1 Å². The first kappa shape index (κ1) is 12.2. The Labute approximate surface area is 119 Å². The first-order valence-electron chi connectivity index (χ1n) is 7.75. The van der Waals surface area contributed by atoms with Crippen LogP contribution in [-0.2, 0) is 0 Å². The van der Waals surface area contributed by atoms with Crippen LogP contribution >= 0.6 is 0 Å². The summed E-state index contributed by atoms with van der Waals surface area (Å²) < 4.78 is 0. The maximum Gasteiger partial charge on any atom is 0.319 e. The van der Waals surface area contributed by atoms with Crippen molar-refractivity contribution in [3.05, 3.63) is 24.5 Å². The van der Waals surface area contributed by atoms with Gasteiger partial charge < -0.3 is 10.6 Å². The van der Waals surface area contributed by atoms with E-state index in [1.54, 1.807) is 12.4 Å². The van der Waals surface area contributed by atoms with Crippen LogP contribution in [0.3, 0.4) is 0 Å². The average molecular weight is 271 g/mol. The zero-order chi connectivity index (χ0) is 13.5. The molecule has 0 atom stereocenters. The van der Waals surface area contributed by atoms with Gasteiger partial charge in [0.1, 0.15) is 0 Å². The summed E-state index contributed by atoms with van der Waals surface area (Å²) >= 11 is 0. The molecule has 1 aromatic rings. The fourth-order valence-electron chi connectivity index (χ4n) is 4.91. The minimum absolute atomic E-state index is 0.0614. The number of hydrogen-bond donors (Lipinski definition) is 2. The molecule has 4 aliphatic carbocycles. The molecule has 2 amide bonds. The summed E-state index contributed by atoms with van der Waals surface area (Å²) in [6.45, 7) is 0. The Balaban J connectivity index is 1.40. The molecule has 20 heavy (non-hydrogen) atoms. The average Bonchev–Trinajstić information content (AvgIpc) is 2.43. The summed E-state index contributed by atoms with van der Waals surface area (Å²) in [6.07, 6.45) is 10.1. The van der Waals surface area contributed by atoms with Crippen molar-refractivity contribution >= 4 is 11.7 Å². The van der Waals surface area contributed by atoms with E-state index < -0.39 is 0 Å². The quantitative estimate of drug-likeness (QED) is 0.868. The van der Waals surface area contributed by atoms with E-state index in [0.717, 1.165) is 29.4 Å². The van der Waals surface area contributed by atoms with Gasteiger partial charge in [-0.25, -0.2) is 4.79 Å². The molecule has 4 nitrogen and oxygen atoms in total. The van der Waals surface area contributed by atoms with E-state index in [0.29, 0.717) is 6.04 Å². The molecule has 0 unspecified atom stereocenters. The highest BCUT2D eigenvalue weighted by Crippen LogP contribution is 2.53. The maximum absolute atomic E-state index is 12.2. The molecule has 1 aromatic heterocycles. The monoisotopic (exact) mass is 271 g/mol. The zero-order valence-electron chi connectivity index (χ0n) is 11.6. The normalized spacial score (nSPS) is 37.7. The third-order valence-electron chi connectivity index (χ3n) is 5.46. The van der Waals surface area contributed by atoms with Gasteiger partial charge in [0.2, 0.25) is 0 Å². The van der Waals surface area contributed by atoms with Gasteiger partial charge in [0.15, 0.2) is 0 Å². The number of carbonyl (C=O) groups excluding carboxylic acids is 1. The summed E-state index contributed by atoms with van der Waals surface area (Å²) in [5.74, 6) is 3.32. The Morgan fingerprint density at radius 2 is 1.60 bits per heavy atom. The number of nitrogens with zero attached hydrogens (tertiary/aromatic N) is 1. The van der Waals surface area contributed by atoms with Crippen molar-refractivity contribution in [1.29, 1.82) is 0 Å². The third kappa shape index (κ3) is 2.17. The second-order valence-electron chi connectivity index (χ2n) is 6.79. The Morgan fingerprint density at radius 3 is 2.20 bits per heavy atom. The SMILES string of the molecule is O=C(Nc1ccncc1)NC1C2CC3CC(C2)CC1C3. The fraction of sp³-hybridized carbons (Fsp3) is 0.625. The highest BCUT2D eigenvalue weighted by molar-refractivity contribution is 5.89. The molecule has 2 N–H and O–H groups in total. The van der Waals surface area contributed by atoms with Gasteiger partial charge in [-0.3, -0.25) is 4.98 Å². The third-order valence-corrected chi connectivity index (χ3v) is 5.46. The largest absolute Gasteiger partial charge is 0.335 e. The van der Waals surface area contributed by atoms with Gasteiger partial charge in [0.05, 0.1) is 0 Å². The number of aromatic nitrogens is 1. The predicted molar refractivity (Wildman–Crippen MR) is 77.2 cm³/mol. The van der Waals surface area contributed by atoms with E-state index >= 15 is 0 Å². The summed E-state index contributed by atoms with van der Waals surface area (Å²) in [5.41, 5.74) is 0.807. The number of amides is 2. The summed E-state index contributed by atoms with van der Waals surface area (Å²) in [4.78, 5) is 16.1. The fourth-order valence-corrected chi connectivity index (χ4v) is 4.91. The van der Waals surface area contributed by atoms with Gasteiger partial charge in [-0.2, -0.15) is 0 Å². The number of carbonyl (C=O) groups is 1. The molecule has 0 aliphatic heterocycles. The maximum atomic E-state index is 12.2. The molecule has 4 heteroatoms. The predicted octanol–water partition coefficient (Wildman–Crippen LogP) is 3.03. The van der Waals surface area contributed by atoms with Gasteiger partial charge in [-0.05, 0) is 67.9 Å². The molecule has 0 aromatic carbocycles. The molecule has 4 saturated carbocycles. The Bertz CT molecular complexity index is 474. The number of urea groups is 1. The van der Waals surface area contributed by atoms with E-state index in [4.69, 9.17) is 0 Å². The summed E-state index contributed by atoms with van der Waals surface area (Å²) in [5, 5.41) is 6.15. The van der Waals surface area contributed by atoms with Crippen LogP contribution in [0.2, 0.25) is 0 Å². The first-order valence-corrected chi connectivity index (χ1v) is 7.75. The number of nitrogens with one attached hydrogen (secondary N) is 2. The minimum atomic E-state index is -0.0614. The van der Waals surface area contributed by atoms with Crippen molar-refractivity contribution in [1.82, 2.24) is 10.3 Å².